The lowest BCUT2D eigenvalue weighted by Crippen LogP contribution is -2.10. The number of nitrogens with one attached hydrogen (secondary N) is 1. The molecule has 0 bridgehead atoms. The van der Waals surface area contributed by atoms with E-state index in [1.54, 1.807) is 23.0 Å². The molecule has 3 aromatic rings. The highest BCUT2D eigenvalue weighted by Crippen LogP contribution is 2.27. The summed E-state index contributed by atoms with van der Waals surface area (Å²) in [5.74, 6) is 0. The van der Waals surface area contributed by atoms with Crippen LogP contribution in [0.5, 0.6) is 0 Å². The van der Waals surface area contributed by atoms with Crippen molar-refractivity contribution < 1.29 is 8.42 Å². The van der Waals surface area contributed by atoms with E-state index in [2.05, 4.69) is 9.82 Å². The molecule has 0 unspecified atom stereocenters. The van der Waals surface area contributed by atoms with E-state index >= 15 is 0 Å². The fourth-order valence-corrected chi connectivity index (χ4v) is 4.81. The number of aromatic nitrogens is 2. The van der Waals surface area contributed by atoms with Gasteiger partial charge in [0.25, 0.3) is 10.0 Å². The molecule has 10 heteroatoms. The predicted molar refractivity (Wildman–Crippen MR) is 97.9 cm³/mol. The molecule has 0 fully saturated rings. The van der Waals surface area contributed by atoms with E-state index in [-0.39, 0.29) is 4.21 Å². The van der Waals surface area contributed by atoms with Crippen molar-refractivity contribution in [2.75, 3.05) is 4.72 Å². The SMILES string of the molecule is O=S(=O)(Nc1cnn(Cc2ccc(Cl)c(Cl)c2)c1)c1ccc(Cl)s1. The minimum absolute atomic E-state index is 0.143. The predicted octanol–water partition coefficient (Wildman–Crippen LogP) is 4.75. The lowest BCUT2D eigenvalue weighted by Gasteiger charge is -2.04. The van der Waals surface area contributed by atoms with Crippen molar-refractivity contribution in [1.29, 1.82) is 0 Å². The zero-order valence-corrected chi connectivity index (χ0v) is 15.8. The quantitative estimate of drug-likeness (QED) is 0.645. The van der Waals surface area contributed by atoms with E-state index in [0.29, 0.717) is 26.6 Å². The second-order valence-electron chi connectivity index (χ2n) is 4.84. The molecule has 0 aliphatic rings. The summed E-state index contributed by atoms with van der Waals surface area (Å²) in [4.78, 5) is 0. The van der Waals surface area contributed by atoms with Crippen LogP contribution in [0.25, 0.3) is 0 Å². The normalized spacial score (nSPS) is 11.6. The maximum atomic E-state index is 12.2. The summed E-state index contributed by atoms with van der Waals surface area (Å²) in [6.07, 6.45) is 3.03. The highest BCUT2D eigenvalue weighted by atomic mass is 35.5. The number of halogens is 3. The summed E-state index contributed by atoms with van der Waals surface area (Å²) < 4.78 is 29.1. The first-order chi connectivity index (χ1) is 11.3. The van der Waals surface area contributed by atoms with Crippen molar-refractivity contribution in [3.05, 3.63) is 62.7 Å². The van der Waals surface area contributed by atoms with Gasteiger partial charge in [0, 0.05) is 6.20 Å². The van der Waals surface area contributed by atoms with Gasteiger partial charge in [-0.1, -0.05) is 40.9 Å². The summed E-state index contributed by atoms with van der Waals surface area (Å²) in [7, 11) is -3.67. The fraction of sp³-hybridized carbons (Fsp3) is 0.0714. The minimum Gasteiger partial charge on any atom is -0.276 e. The molecule has 2 heterocycles. The molecular formula is C14H10Cl3N3O2S2. The zero-order valence-electron chi connectivity index (χ0n) is 11.9. The Balaban J connectivity index is 1.74. The minimum atomic E-state index is -3.67. The molecule has 0 spiro atoms. The molecule has 1 N–H and O–H groups in total. The van der Waals surface area contributed by atoms with Gasteiger partial charge in [0.1, 0.15) is 4.21 Å². The zero-order chi connectivity index (χ0) is 17.3. The lowest BCUT2D eigenvalue weighted by atomic mass is 10.2. The van der Waals surface area contributed by atoms with E-state index in [9.17, 15) is 8.42 Å². The van der Waals surface area contributed by atoms with Crippen LogP contribution >= 0.6 is 46.1 Å². The van der Waals surface area contributed by atoms with Gasteiger partial charge in [-0.3, -0.25) is 9.40 Å². The first-order valence-electron chi connectivity index (χ1n) is 6.58. The van der Waals surface area contributed by atoms with Crippen molar-refractivity contribution in [2.24, 2.45) is 0 Å². The monoisotopic (exact) mass is 421 g/mol. The molecule has 0 amide bonds. The molecule has 1 aromatic carbocycles. The largest absolute Gasteiger partial charge is 0.276 e. The molecule has 5 nitrogen and oxygen atoms in total. The Morgan fingerprint density at radius 1 is 1.12 bits per heavy atom. The average molecular weight is 423 g/mol. The molecule has 126 valence electrons. The third-order valence-corrected chi connectivity index (χ3v) is 6.87. The van der Waals surface area contributed by atoms with E-state index in [4.69, 9.17) is 34.8 Å². The van der Waals surface area contributed by atoms with E-state index < -0.39 is 10.0 Å². The van der Waals surface area contributed by atoms with Crippen LogP contribution in [0.1, 0.15) is 5.56 Å². The van der Waals surface area contributed by atoms with E-state index in [1.807, 2.05) is 6.07 Å². The number of nitrogens with zero attached hydrogens (tertiary/aromatic N) is 2. The van der Waals surface area contributed by atoms with Gasteiger partial charge in [-0.15, -0.1) is 11.3 Å². The number of hydrogen-bond donors (Lipinski definition) is 1. The van der Waals surface area contributed by atoms with Crippen molar-refractivity contribution in [3.8, 4) is 0 Å². The van der Waals surface area contributed by atoms with Crippen LogP contribution in [0, 0.1) is 0 Å². The Morgan fingerprint density at radius 3 is 2.58 bits per heavy atom. The highest BCUT2D eigenvalue weighted by molar-refractivity contribution is 7.94. The Morgan fingerprint density at radius 2 is 1.92 bits per heavy atom. The molecule has 2 aromatic heterocycles. The first-order valence-corrected chi connectivity index (χ1v) is 10.0. The number of anilines is 1. The third-order valence-electron chi connectivity index (χ3n) is 3.03. The molecule has 0 saturated carbocycles. The lowest BCUT2D eigenvalue weighted by molar-refractivity contribution is 0.603. The maximum Gasteiger partial charge on any atom is 0.271 e. The number of benzene rings is 1. The average Bonchev–Trinajstić information content (AvgIpc) is 3.12. The smallest absolute Gasteiger partial charge is 0.271 e. The summed E-state index contributed by atoms with van der Waals surface area (Å²) in [5, 5.41) is 5.07. The Kier molecular flexibility index (Phi) is 5.08. The Hall–Kier alpha value is -1.25. The Bertz CT molecular complexity index is 983. The van der Waals surface area contributed by atoms with Gasteiger partial charge in [0.15, 0.2) is 0 Å². The molecule has 0 saturated heterocycles. The van der Waals surface area contributed by atoms with Gasteiger partial charge < -0.3 is 0 Å². The molecule has 0 aliphatic carbocycles. The van der Waals surface area contributed by atoms with Crippen molar-refractivity contribution in [1.82, 2.24) is 9.78 Å². The number of sulfonamides is 1. The molecule has 0 atom stereocenters. The second kappa shape index (κ2) is 6.93. The summed E-state index contributed by atoms with van der Waals surface area (Å²) in [5.41, 5.74) is 1.26. The maximum absolute atomic E-state index is 12.2. The van der Waals surface area contributed by atoms with Crippen LogP contribution in [0.4, 0.5) is 5.69 Å². The molecule has 0 aliphatic heterocycles. The van der Waals surface area contributed by atoms with Crippen LogP contribution in [0.15, 0.2) is 46.9 Å². The van der Waals surface area contributed by atoms with Gasteiger partial charge in [-0.2, -0.15) is 5.10 Å². The van der Waals surface area contributed by atoms with Gasteiger partial charge in [-0.25, -0.2) is 8.42 Å². The standard InChI is InChI=1S/C14H10Cl3N3O2S2/c15-11-2-1-9(5-12(11)16)7-20-8-10(6-18-20)19-24(21,22)14-4-3-13(17)23-14/h1-6,8,19H,7H2. The van der Waals surface area contributed by atoms with Crippen LogP contribution in [-0.4, -0.2) is 18.2 Å². The third kappa shape index (κ3) is 4.04. The summed E-state index contributed by atoms with van der Waals surface area (Å²) >= 11 is 18.6. The van der Waals surface area contributed by atoms with Gasteiger partial charge in [-0.05, 0) is 29.8 Å². The van der Waals surface area contributed by atoms with Crippen LogP contribution < -0.4 is 4.72 Å². The highest BCUT2D eigenvalue weighted by Gasteiger charge is 2.17. The van der Waals surface area contributed by atoms with Gasteiger partial charge in [0.2, 0.25) is 0 Å². The summed E-state index contributed by atoms with van der Waals surface area (Å²) in [6, 6.07) is 8.26. The second-order valence-corrected chi connectivity index (χ2v) is 9.28. The topological polar surface area (TPSA) is 64.0 Å². The molecular weight excluding hydrogens is 413 g/mol. The molecule has 24 heavy (non-hydrogen) atoms. The van der Waals surface area contributed by atoms with Crippen molar-refractivity contribution in [2.45, 2.75) is 10.8 Å². The Labute approximate surface area is 157 Å². The van der Waals surface area contributed by atoms with Crippen molar-refractivity contribution in [3.63, 3.8) is 0 Å². The van der Waals surface area contributed by atoms with Crippen molar-refractivity contribution >= 4 is 61.9 Å². The van der Waals surface area contributed by atoms with Crippen LogP contribution in [-0.2, 0) is 16.6 Å². The molecule has 3 rings (SSSR count). The van der Waals surface area contributed by atoms with Gasteiger partial charge >= 0.3 is 0 Å². The summed E-state index contributed by atoms with van der Waals surface area (Å²) in [6.45, 7) is 0.434. The molecule has 0 radical (unpaired) electrons. The van der Waals surface area contributed by atoms with Gasteiger partial charge in [0.05, 0.1) is 32.8 Å². The van der Waals surface area contributed by atoms with E-state index in [0.717, 1.165) is 16.9 Å². The fourth-order valence-electron chi connectivity index (χ4n) is 1.98. The van der Waals surface area contributed by atoms with Crippen LogP contribution in [0.3, 0.4) is 0 Å². The van der Waals surface area contributed by atoms with E-state index in [1.165, 1.54) is 18.3 Å². The number of rotatable bonds is 5. The number of thiophene rings is 1. The number of hydrogen-bond acceptors (Lipinski definition) is 4. The van der Waals surface area contributed by atoms with Crippen LogP contribution in [0.2, 0.25) is 14.4 Å². The first kappa shape index (κ1) is 17.6.